The number of benzene rings is 1. The number of hydrogen-bond donors (Lipinski definition) is 1. The van der Waals surface area contributed by atoms with Crippen LogP contribution in [0.2, 0.25) is 0 Å². The van der Waals surface area contributed by atoms with E-state index in [2.05, 4.69) is 5.92 Å². The molecule has 0 radical (unpaired) electrons. The number of terminal acetylenes is 1. The van der Waals surface area contributed by atoms with E-state index in [-0.39, 0.29) is 5.56 Å². The van der Waals surface area contributed by atoms with Gasteiger partial charge in [0.2, 0.25) is 0 Å². The van der Waals surface area contributed by atoms with Crippen molar-refractivity contribution in [3.05, 3.63) is 35.6 Å². The molecule has 13 heavy (non-hydrogen) atoms. The predicted molar refractivity (Wildman–Crippen MR) is 49.4 cm³/mol. The average molecular weight is 178 g/mol. The lowest BCUT2D eigenvalue weighted by Crippen LogP contribution is -2.23. The molecule has 0 unspecified atom stereocenters. The zero-order valence-corrected chi connectivity index (χ0v) is 7.42. The number of halogens is 1. The van der Waals surface area contributed by atoms with Gasteiger partial charge in [-0.05, 0) is 12.5 Å². The van der Waals surface area contributed by atoms with E-state index in [1.165, 1.54) is 12.1 Å². The van der Waals surface area contributed by atoms with Crippen molar-refractivity contribution in [3.8, 4) is 12.3 Å². The molecule has 1 rings (SSSR count). The predicted octanol–water partition coefficient (Wildman–Crippen LogP) is 2.06. The molecule has 0 aliphatic rings. The molecule has 0 fully saturated rings. The van der Waals surface area contributed by atoms with Gasteiger partial charge in [0.25, 0.3) is 0 Å². The Bertz CT molecular complexity index is 340. The lowest BCUT2D eigenvalue weighted by Gasteiger charge is -2.20. The molecule has 1 nitrogen and oxygen atoms in total. The summed E-state index contributed by atoms with van der Waals surface area (Å²) in [7, 11) is 0. The summed E-state index contributed by atoms with van der Waals surface area (Å²) in [6.45, 7) is 1.71. The van der Waals surface area contributed by atoms with E-state index in [1.54, 1.807) is 19.1 Å². The molecule has 1 atom stereocenters. The van der Waals surface area contributed by atoms with Gasteiger partial charge in [-0.15, -0.1) is 6.42 Å². The first kappa shape index (κ1) is 9.76. The van der Waals surface area contributed by atoms with Gasteiger partial charge < -0.3 is 5.11 Å². The zero-order chi connectivity index (χ0) is 9.90. The summed E-state index contributed by atoms with van der Waals surface area (Å²) >= 11 is 0. The molecule has 1 aromatic carbocycles. The highest BCUT2D eigenvalue weighted by Gasteiger charge is 2.26. The fraction of sp³-hybridized carbons (Fsp3) is 0.273. The molecule has 0 aliphatic carbocycles. The van der Waals surface area contributed by atoms with Gasteiger partial charge >= 0.3 is 0 Å². The first-order valence-electron chi connectivity index (χ1n) is 4.09. The zero-order valence-electron chi connectivity index (χ0n) is 7.42. The minimum Gasteiger partial charge on any atom is -0.373 e. The van der Waals surface area contributed by atoms with Crippen LogP contribution in [0.4, 0.5) is 4.39 Å². The van der Waals surface area contributed by atoms with Gasteiger partial charge in [-0.3, -0.25) is 0 Å². The van der Waals surface area contributed by atoms with E-state index in [4.69, 9.17) is 6.42 Å². The summed E-state index contributed by atoms with van der Waals surface area (Å²) in [5.74, 6) is 1.73. The topological polar surface area (TPSA) is 20.2 Å². The maximum absolute atomic E-state index is 13.2. The van der Waals surface area contributed by atoms with Crippen molar-refractivity contribution in [2.24, 2.45) is 0 Å². The average Bonchev–Trinajstić information content (AvgIpc) is 2.17. The molecule has 0 bridgehead atoms. The summed E-state index contributed by atoms with van der Waals surface area (Å²) in [5, 5.41) is 9.80. The van der Waals surface area contributed by atoms with Crippen LogP contribution in [0.3, 0.4) is 0 Å². The summed E-state index contributed by atoms with van der Waals surface area (Å²) in [4.78, 5) is 0. The fourth-order valence-corrected chi connectivity index (χ4v) is 1.17. The van der Waals surface area contributed by atoms with E-state index >= 15 is 0 Å². The second-order valence-electron chi connectivity index (χ2n) is 2.84. The smallest absolute Gasteiger partial charge is 0.153 e. The third kappa shape index (κ3) is 1.71. The van der Waals surface area contributed by atoms with Gasteiger partial charge in [0.05, 0.1) is 0 Å². The maximum atomic E-state index is 13.2. The Hall–Kier alpha value is -1.33. The van der Waals surface area contributed by atoms with Gasteiger partial charge in [-0.25, -0.2) is 4.39 Å². The highest BCUT2D eigenvalue weighted by Crippen LogP contribution is 2.25. The summed E-state index contributed by atoms with van der Waals surface area (Å²) in [6.07, 6.45) is 5.45. The normalized spacial score (nSPS) is 14.6. The summed E-state index contributed by atoms with van der Waals surface area (Å²) in [5.41, 5.74) is -1.31. The lowest BCUT2D eigenvalue weighted by atomic mass is 9.92. The van der Waals surface area contributed by atoms with E-state index < -0.39 is 11.4 Å². The van der Waals surface area contributed by atoms with Crippen LogP contribution in [0, 0.1) is 18.2 Å². The molecule has 0 saturated heterocycles. The number of aliphatic hydroxyl groups is 1. The van der Waals surface area contributed by atoms with Crippen LogP contribution in [-0.4, -0.2) is 5.11 Å². The van der Waals surface area contributed by atoms with Crippen molar-refractivity contribution in [3.63, 3.8) is 0 Å². The molecule has 68 valence electrons. The SMILES string of the molecule is C#C[C@](O)(CC)c1ccccc1F. The molecular formula is C11H11FO. The second-order valence-corrected chi connectivity index (χ2v) is 2.84. The van der Waals surface area contributed by atoms with Gasteiger partial charge in [0.15, 0.2) is 5.60 Å². The van der Waals surface area contributed by atoms with Crippen molar-refractivity contribution in [1.82, 2.24) is 0 Å². The molecule has 2 heteroatoms. The molecular weight excluding hydrogens is 167 g/mol. The van der Waals surface area contributed by atoms with Crippen LogP contribution in [0.5, 0.6) is 0 Å². The third-order valence-electron chi connectivity index (χ3n) is 2.07. The highest BCUT2D eigenvalue weighted by atomic mass is 19.1. The molecule has 0 spiro atoms. The van der Waals surface area contributed by atoms with Crippen LogP contribution in [0.1, 0.15) is 18.9 Å². The highest BCUT2D eigenvalue weighted by molar-refractivity contribution is 5.31. The van der Waals surface area contributed by atoms with Crippen LogP contribution < -0.4 is 0 Å². The van der Waals surface area contributed by atoms with Crippen molar-refractivity contribution in [2.45, 2.75) is 18.9 Å². The largest absolute Gasteiger partial charge is 0.373 e. The molecule has 0 aliphatic heterocycles. The van der Waals surface area contributed by atoms with E-state index in [0.717, 1.165) is 0 Å². The Balaban J connectivity index is 3.22. The van der Waals surface area contributed by atoms with Gasteiger partial charge in [0.1, 0.15) is 5.82 Å². The Morgan fingerprint density at radius 1 is 1.54 bits per heavy atom. The van der Waals surface area contributed by atoms with Gasteiger partial charge in [0, 0.05) is 5.56 Å². The van der Waals surface area contributed by atoms with Gasteiger partial charge in [-0.1, -0.05) is 31.0 Å². The van der Waals surface area contributed by atoms with Crippen LogP contribution in [0.25, 0.3) is 0 Å². The van der Waals surface area contributed by atoms with Crippen molar-refractivity contribution in [1.29, 1.82) is 0 Å². The van der Waals surface area contributed by atoms with Crippen molar-refractivity contribution in [2.75, 3.05) is 0 Å². The minimum absolute atomic E-state index is 0.167. The Morgan fingerprint density at radius 3 is 2.62 bits per heavy atom. The summed E-state index contributed by atoms with van der Waals surface area (Å²) in [6, 6.07) is 5.99. The van der Waals surface area contributed by atoms with Crippen LogP contribution >= 0.6 is 0 Å². The summed E-state index contributed by atoms with van der Waals surface area (Å²) < 4.78 is 13.2. The Kier molecular flexibility index (Phi) is 2.69. The lowest BCUT2D eigenvalue weighted by molar-refractivity contribution is 0.0920. The minimum atomic E-state index is -1.48. The number of hydrogen-bond acceptors (Lipinski definition) is 1. The fourth-order valence-electron chi connectivity index (χ4n) is 1.17. The van der Waals surface area contributed by atoms with Crippen LogP contribution in [0.15, 0.2) is 24.3 Å². The van der Waals surface area contributed by atoms with Crippen LogP contribution in [-0.2, 0) is 5.60 Å². The molecule has 1 aromatic rings. The second kappa shape index (κ2) is 3.59. The first-order chi connectivity index (χ1) is 6.14. The van der Waals surface area contributed by atoms with E-state index in [0.29, 0.717) is 6.42 Å². The maximum Gasteiger partial charge on any atom is 0.153 e. The molecule has 0 saturated carbocycles. The molecule has 0 heterocycles. The van der Waals surface area contributed by atoms with Crippen molar-refractivity contribution >= 4 is 0 Å². The Morgan fingerprint density at radius 2 is 2.15 bits per heavy atom. The van der Waals surface area contributed by atoms with E-state index in [9.17, 15) is 9.50 Å². The molecule has 1 N–H and O–H groups in total. The first-order valence-corrected chi connectivity index (χ1v) is 4.09. The third-order valence-corrected chi connectivity index (χ3v) is 2.07. The van der Waals surface area contributed by atoms with Crippen molar-refractivity contribution < 1.29 is 9.50 Å². The molecule has 0 aromatic heterocycles. The van der Waals surface area contributed by atoms with E-state index in [1.807, 2.05) is 0 Å². The van der Waals surface area contributed by atoms with Gasteiger partial charge in [-0.2, -0.15) is 0 Å². The Labute approximate surface area is 77.2 Å². The monoisotopic (exact) mass is 178 g/mol. The quantitative estimate of drug-likeness (QED) is 0.687. The standard InChI is InChI=1S/C11H11FO/c1-3-11(13,4-2)9-7-5-6-8-10(9)12/h1,5-8,13H,4H2,2H3/t11-/m0/s1. The number of rotatable bonds is 2. The molecule has 0 amide bonds.